The maximum atomic E-state index is 13.3. The van der Waals surface area contributed by atoms with Gasteiger partial charge in [-0.2, -0.15) is 0 Å². The highest BCUT2D eigenvalue weighted by Gasteiger charge is 2.48. The van der Waals surface area contributed by atoms with Crippen LogP contribution in [0.15, 0.2) is 30.3 Å². The predicted molar refractivity (Wildman–Crippen MR) is 105 cm³/mol. The van der Waals surface area contributed by atoms with Gasteiger partial charge in [0.2, 0.25) is 5.91 Å². The average molecular weight is 370 g/mol. The molecule has 0 bridgehead atoms. The van der Waals surface area contributed by atoms with Crippen molar-refractivity contribution in [3.8, 4) is 0 Å². The van der Waals surface area contributed by atoms with Crippen LogP contribution < -0.4 is 11.1 Å². The summed E-state index contributed by atoms with van der Waals surface area (Å²) in [7, 11) is 0. The molecule has 2 saturated carbocycles. The minimum absolute atomic E-state index is 0.00643. The Morgan fingerprint density at radius 1 is 1.04 bits per heavy atom. The van der Waals surface area contributed by atoms with E-state index in [2.05, 4.69) is 5.32 Å². The van der Waals surface area contributed by atoms with E-state index in [-0.39, 0.29) is 29.9 Å². The van der Waals surface area contributed by atoms with Gasteiger partial charge >= 0.3 is 0 Å². The van der Waals surface area contributed by atoms with Crippen molar-refractivity contribution in [1.82, 2.24) is 10.2 Å². The Hall–Kier alpha value is -1.88. The molecular formula is C22H31N3O2. The van der Waals surface area contributed by atoms with E-state index in [0.29, 0.717) is 23.9 Å². The number of carbonyl (C=O) groups is 2. The molecule has 5 unspecified atom stereocenters. The molecule has 146 valence electrons. The molecular weight excluding hydrogens is 338 g/mol. The molecule has 1 aromatic carbocycles. The summed E-state index contributed by atoms with van der Waals surface area (Å²) in [6.45, 7) is 0.619. The van der Waals surface area contributed by atoms with E-state index in [1.54, 1.807) is 0 Å². The number of benzene rings is 1. The number of nitrogens with two attached hydrogens (primary N) is 1. The largest absolute Gasteiger partial charge is 0.351 e. The van der Waals surface area contributed by atoms with E-state index in [4.69, 9.17) is 5.73 Å². The molecule has 27 heavy (non-hydrogen) atoms. The van der Waals surface area contributed by atoms with Crippen LogP contribution in [-0.2, 0) is 4.79 Å². The fourth-order valence-corrected chi connectivity index (χ4v) is 5.50. The maximum Gasteiger partial charge on any atom is 0.254 e. The molecule has 1 aromatic rings. The van der Waals surface area contributed by atoms with Crippen molar-refractivity contribution in [2.75, 3.05) is 6.54 Å². The van der Waals surface area contributed by atoms with E-state index in [1.165, 1.54) is 6.42 Å². The third-order valence-electron chi connectivity index (χ3n) is 6.94. The molecule has 0 radical (unpaired) electrons. The number of nitrogens with zero attached hydrogens (tertiary/aromatic N) is 1. The number of rotatable bonds is 4. The molecule has 5 nitrogen and oxygen atoms in total. The maximum absolute atomic E-state index is 13.3. The Morgan fingerprint density at radius 3 is 2.59 bits per heavy atom. The van der Waals surface area contributed by atoms with Crippen LogP contribution in [0.4, 0.5) is 0 Å². The van der Waals surface area contributed by atoms with Crippen molar-refractivity contribution >= 4 is 11.8 Å². The van der Waals surface area contributed by atoms with Crippen LogP contribution in [0, 0.1) is 11.8 Å². The summed E-state index contributed by atoms with van der Waals surface area (Å²) in [5.41, 5.74) is 6.57. The van der Waals surface area contributed by atoms with Gasteiger partial charge in [0.05, 0.1) is 0 Å². The van der Waals surface area contributed by atoms with Crippen LogP contribution in [0.3, 0.4) is 0 Å². The highest BCUT2D eigenvalue weighted by atomic mass is 16.2. The van der Waals surface area contributed by atoms with Gasteiger partial charge in [0, 0.05) is 17.6 Å². The van der Waals surface area contributed by atoms with Gasteiger partial charge in [-0.15, -0.1) is 0 Å². The van der Waals surface area contributed by atoms with Gasteiger partial charge < -0.3 is 16.0 Å². The highest BCUT2D eigenvalue weighted by molar-refractivity contribution is 5.98. The quantitative estimate of drug-likeness (QED) is 0.857. The fraction of sp³-hybridized carbons (Fsp3) is 0.636. The van der Waals surface area contributed by atoms with Gasteiger partial charge in [-0.1, -0.05) is 37.5 Å². The van der Waals surface area contributed by atoms with Crippen LogP contribution in [0.1, 0.15) is 61.7 Å². The number of hydrogen-bond acceptors (Lipinski definition) is 3. The normalized spacial score (nSPS) is 32.9. The van der Waals surface area contributed by atoms with E-state index < -0.39 is 0 Å². The third-order valence-corrected chi connectivity index (χ3v) is 6.94. The zero-order valence-electron chi connectivity index (χ0n) is 16.0. The summed E-state index contributed by atoms with van der Waals surface area (Å²) < 4.78 is 0. The van der Waals surface area contributed by atoms with E-state index in [0.717, 1.165) is 44.9 Å². The monoisotopic (exact) mass is 369 g/mol. The Morgan fingerprint density at radius 2 is 1.81 bits per heavy atom. The highest BCUT2D eigenvalue weighted by Crippen LogP contribution is 2.40. The van der Waals surface area contributed by atoms with Crippen molar-refractivity contribution in [2.24, 2.45) is 17.6 Å². The first-order valence-electron chi connectivity index (χ1n) is 10.6. The van der Waals surface area contributed by atoms with Crippen molar-refractivity contribution in [3.63, 3.8) is 0 Å². The first kappa shape index (κ1) is 18.5. The Labute approximate surface area is 161 Å². The van der Waals surface area contributed by atoms with Gasteiger partial charge in [-0.05, 0) is 62.6 Å². The lowest BCUT2D eigenvalue weighted by atomic mass is 9.84. The first-order chi connectivity index (χ1) is 13.2. The smallest absolute Gasteiger partial charge is 0.254 e. The average Bonchev–Trinajstić information content (AvgIpc) is 3.32. The van der Waals surface area contributed by atoms with Gasteiger partial charge in [-0.25, -0.2) is 0 Å². The van der Waals surface area contributed by atoms with Gasteiger partial charge in [0.25, 0.3) is 5.91 Å². The second-order valence-electron chi connectivity index (χ2n) is 8.48. The zero-order chi connectivity index (χ0) is 18.8. The van der Waals surface area contributed by atoms with Crippen molar-refractivity contribution < 1.29 is 9.59 Å². The van der Waals surface area contributed by atoms with Crippen LogP contribution in [0.2, 0.25) is 0 Å². The molecule has 2 aliphatic carbocycles. The van der Waals surface area contributed by atoms with Crippen molar-refractivity contribution in [2.45, 2.75) is 69.5 Å². The first-order valence-corrected chi connectivity index (χ1v) is 10.6. The lowest BCUT2D eigenvalue weighted by Gasteiger charge is -2.34. The second-order valence-corrected chi connectivity index (χ2v) is 8.48. The Bertz CT molecular complexity index is 677. The number of fused-ring (bicyclic) bond motifs is 1. The molecule has 5 atom stereocenters. The summed E-state index contributed by atoms with van der Waals surface area (Å²) >= 11 is 0. The molecule has 1 aliphatic heterocycles. The van der Waals surface area contributed by atoms with Crippen LogP contribution in [0.25, 0.3) is 0 Å². The molecule has 5 heteroatoms. The number of nitrogens with one attached hydrogen (secondary N) is 1. The summed E-state index contributed by atoms with van der Waals surface area (Å²) in [5, 5.41) is 3.26. The molecule has 1 saturated heterocycles. The molecule has 3 N–H and O–H groups in total. The minimum atomic E-state index is -0.343. The molecule has 0 spiro atoms. The summed E-state index contributed by atoms with van der Waals surface area (Å²) in [6.07, 6.45) is 8.50. The SMILES string of the molecule is NCC1CCCC1NC(=O)C1CC2CCCCC2N1C(=O)c1ccccc1. The Balaban J connectivity index is 1.55. The number of hydrogen-bond donors (Lipinski definition) is 2. The molecule has 4 rings (SSSR count). The molecule has 3 fully saturated rings. The lowest BCUT2D eigenvalue weighted by molar-refractivity contribution is -0.126. The summed E-state index contributed by atoms with van der Waals surface area (Å²) in [4.78, 5) is 28.4. The Kier molecular flexibility index (Phi) is 5.48. The second kappa shape index (κ2) is 8.01. The van der Waals surface area contributed by atoms with Crippen molar-refractivity contribution in [1.29, 1.82) is 0 Å². The molecule has 0 aromatic heterocycles. The minimum Gasteiger partial charge on any atom is -0.351 e. The number of likely N-dealkylation sites (tertiary alicyclic amines) is 1. The van der Waals surface area contributed by atoms with Crippen LogP contribution in [-0.4, -0.2) is 41.4 Å². The van der Waals surface area contributed by atoms with Crippen LogP contribution >= 0.6 is 0 Å². The molecule has 1 heterocycles. The van der Waals surface area contributed by atoms with E-state index in [1.807, 2.05) is 35.2 Å². The van der Waals surface area contributed by atoms with Gasteiger partial charge in [0.15, 0.2) is 0 Å². The predicted octanol–water partition coefficient (Wildman–Crippen LogP) is 2.70. The van der Waals surface area contributed by atoms with Gasteiger partial charge in [0.1, 0.15) is 6.04 Å². The number of carbonyl (C=O) groups excluding carboxylic acids is 2. The number of amides is 2. The lowest BCUT2D eigenvalue weighted by Crippen LogP contribution is -2.52. The third kappa shape index (κ3) is 3.62. The fourth-order valence-electron chi connectivity index (χ4n) is 5.50. The van der Waals surface area contributed by atoms with Crippen molar-refractivity contribution in [3.05, 3.63) is 35.9 Å². The van der Waals surface area contributed by atoms with E-state index >= 15 is 0 Å². The molecule has 2 amide bonds. The summed E-state index contributed by atoms with van der Waals surface area (Å²) in [6, 6.07) is 9.44. The van der Waals surface area contributed by atoms with Gasteiger partial charge in [-0.3, -0.25) is 9.59 Å². The standard InChI is InChI=1S/C22H31N3O2/c23-14-17-10-6-11-18(17)24-21(26)20-13-16-9-4-5-12-19(16)25(20)22(27)15-7-2-1-3-8-15/h1-3,7-8,16-20H,4-6,9-14,23H2,(H,24,26). The van der Waals surface area contributed by atoms with Crippen LogP contribution in [0.5, 0.6) is 0 Å². The summed E-state index contributed by atoms with van der Waals surface area (Å²) in [5.74, 6) is 0.859. The van der Waals surface area contributed by atoms with E-state index in [9.17, 15) is 9.59 Å². The topological polar surface area (TPSA) is 75.4 Å². The zero-order valence-corrected chi connectivity index (χ0v) is 16.0. The molecule has 3 aliphatic rings.